The van der Waals surface area contributed by atoms with E-state index in [4.69, 9.17) is 4.74 Å². The summed E-state index contributed by atoms with van der Waals surface area (Å²) in [7, 11) is 0. The summed E-state index contributed by atoms with van der Waals surface area (Å²) >= 11 is 0. The molecule has 1 aromatic heterocycles. The zero-order valence-corrected chi connectivity index (χ0v) is 11.1. The van der Waals surface area contributed by atoms with Crippen molar-refractivity contribution in [2.75, 3.05) is 6.61 Å². The van der Waals surface area contributed by atoms with Gasteiger partial charge in [0.25, 0.3) is 0 Å². The Balaban J connectivity index is 1.73. The van der Waals surface area contributed by atoms with Crippen molar-refractivity contribution in [3.8, 4) is 0 Å². The van der Waals surface area contributed by atoms with Crippen LogP contribution in [0.15, 0.2) is 6.20 Å². The molecule has 0 spiro atoms. The van der Waals surface area contributed by atoms with Crippen LogP contribution in [-0.2, 0) is 27.2 Å². The number of hydrogen-bond donors (Lipinski definition) is 2. The lowest BCUT2D eigenvalue weighted by molar-refractivity contribution is -0.144. The molecule has 104 valence electrons. The van der Waals surface area contributed by atoms with Crippen molar-refractivity contribution >= 4 is 11.9 Å². The number of H-pyrrole nitrogens is 1. The van der Waals surface area contributed by atoms with E-state index in [2.05, 4.69) is 15.5 Å². The minimum absolute atomic E-state index is 0.0963. The predicted octanol–water partition coefficient (Wildman–Crippen LogP) is 0.726. The molecule has 0 fully saturated rings. The maximum Gasteiger partial charge on any atom is 0.306 e. The van der Waals surface area contributed by atoms with E-state index in [0.717, 1.165) is 25.0 Å². The fraction of sp³-hybridized carbons (Fsp3) is 0.615. The second-order valence-corrected chi connectivity index (χ2v) is 4.69. The molecule has 6 nitrogen and oxygen atoms in total. The van der Waals surface area contributed by atoms with Crippen LogP contribution in [0.1, 0.15) is 37.4 Å². The van der Waals surface area contributed by atoms with Gasteiger partial charge in [-0.1, -0.05) is 0 Å². The fourth-order valence-electron chi connectivity index (χ4n) is 2.28. The molecule has 1 aliphatic rings. The van der Waals surface area contributed by atoms with Gasteiger partial charge in [-0.2, -0.15) is 5.10 Å². The van der Waals surface area contributed by atoms with Gasteiger partial charge < -0.3 is 10.1 Å². The van der Waals surface area contributed by atoms with Gasteiger partial charge in [-0.15, -0.1) is 0 Å². The molecule has 2 rings (SSSR count). The lowest BCUT2D eigenvalue weighted by Gasteiger charge is -2.22. The predicted molar refractivity (Wildman–Crippen MR) is 68.4 cm³/mol. The van der Waals surface area contributed by atoms with Gasteiger partial charge >= 0.3 is 5.97 Å². The Kier molecular flexibility index (Phi) is 4.54. The first-order chi connectivity index (χ1) is 9.19. The van der Waals surface area contributed by atoms with Crippen molar-refractivity contribution in [3.63, 3.8) is 0 Å². The summed E-state index contributed by atoms with van der Waals surface area (Å²) in [6, 6.07) is 0.127. The number of ether oxygens (including phenoxy) is 1. The standard InChI is InChI=1S/C13H19N3O3/c1-2-19-13(18)6-5-12(17)15-10-4-3-9-8-14-16-11(9)7-10/h8,10H,2-7H2,1H3,(H,14,16)(H,15,17). The number of carbonyl (C=O) groups excluding carboxylic acids is 2. The van der Waals surface area contributed by atoms with Crippen molar-refractivity contribution < 1.29 is 14.3 Å². The Morgan fingerprint density at radius 1 is 1.53 bits per heavy atom. The van der Waals surface area contributed by atoms with Gasteiger partial charge in [0.1, 0.15) is 0 Å². The van der Waals surface area contributed by atoms with Crippen molar-refractivity contribution in [2.24, 2.45) is 0 Å². The van der Waals surface area contributed by atoms with Crippen LogP contribution in [0.3, 0.4) is 0 Å². The molecule has 1 aromatic rings. The molecular formula is C13H19N3O3. The molecule has 1 atom stereocenters. The molecule has 1 aliphatic carbocycles. The molecule has 0 aliphatic heterocycles. The van der Waals surface area contributed by atoms with Crippen molar-refractivity contribution in [1.82, 2.24) is 15.5 Å². The topological polar surface area (TPSA) is 84.1 Å². The van der Waals surface area contributed by atoms with E-state index in [1.54, 1.807) is 6.92 Å². The molecule has 0 bridgehead atoms. The van der Waals surface area contributed by atoms with E-state index < -0.39 is 0 Å². The number of fused-ring (bicyclic) bond motifs is 1. The highest BCUT2D eigenvalue weighted by atomic mass is 16.5. The molecule has 19 heavy (non-hydrogen) atoms. The number of nitrogens with zero attached hydrogens (tertiary/aromatic N) is 1. The maximum absolute atomic E-state index is 11.7. The minimum Gasteiger partial charge on any atom is -0.466 e. The zero-order valence-electron chi connectivity index (χ0n) is 11.1. The molecule has 1 heterocycles. The van der Waals surface area contributed by atoms with Crippen LogP contribution in [0.5, 0.6) is 0 Å². The number of rotatable bonds is 5. The van der Waals surface area contributed by atoms with Gasteiger partial charge in [-0.3, -0.25) is 14.7 Å². The lowest BCUT2D eigenvalue weighted by Crippen LogP contribution is -2.38. The Bertz CT molecular complexity index is 456. The maximum atomic E-state index is 11.7. The third-order valence-corrected chi connectivity index (χ3v) is 3.25. The van der Waals surface area contributed by atoms with E-state index in [1.165, 1.54) is 5.56 Å². The molecule has 0 aromatic carbocycles. The zero-order chi connectivity index (χ0) is 13.7. The van der Waals surface area contributed by atoms with Crippen LogP contribution in [-0.4, -0.2) is 34.7 Å². The van der Waals surface area contributed by atoms with Crippen molar-refractivity contribution in [3.05, 3.63) is 17.5 Å². The quantitative estimate of drug-likeness (QED) is 0.769. The SMILES string of the molecule is CCOC(=O)CCC(=O)NC1CCc2cn[nH]c2C1. The Hall–Kier alpha value is -1.85. The molecule has 6 heteroatoms. The van der Waals surface area contributed by atoms with Crippen LogP contribution in [0, 0.1) is 0 Å². The highest BCUT2D eigenvalue weighted by Gasteiger charge is 2.21. The second kappa shape index (κ2) is 6.36. The van der Waals surface area contributed by atoms with Crippen molar-refractivity contribution in [2.45, 2.75) is 45.1 Å². The van der Waals surface area contributed by atoms with E-state index in [1.807, 2.05) is 6.20 Å². The number of aromatic amines is 1. The molecular weight excluding hydrogens is 246 g/mol. The van der Waals surface area contributed by atoms with Crippen LogP contribution in [0.2, 0.25) is 0 Å². The van der Waals surface area contributed by atoms with Gasteiger partial charge in [0.15, 0.2) is 0 Å². The van der Waals surface area contributed by atoms with Gasteiger partial charge in [0, 0.05) is 24.6 Å². The van der Waals surface area contributed by atoms with E-state index in [0.29, 0.717) is 6.61 Å². The van der Waals surface area contributed by atoms with E-state index >= 15 is 0 Å². The molecule has 2 N–H and O–H groups in total. The number of aryl methyl sites for hydroxylation is 1. The van der Waals surface area contributed by atoms with E-state index in [-0.39, 0.29) is 30.8 Å². The summed E-state index contributed by atoms with van der Waals surface area (Å²) in [4.78, 5) is 22.9. The molecule has 1 amide bonds. The Morgan fingerprint density at radius 3 is 3.16 bits per heavy atom. The van der Waals surface area contributed by atoms with Crippen LogP contribution in [0.4, 0.5) is 0 Å². The van der Waals surface area contributed by atoms with Crippen molar-refractivity contribution in [1.29, 1.82) is 0 Å². The largest absolute Gasteiger partial charge is 0.466 e. The van der Waals surface area contributed by atoms with E-state index in [9.17, 15) is 9.59 Å². The molecule has 0 saturated heterocycles. The average molecular weight is 265 g/mol. The number of esters is 1. The van der Waals surface area contributed by atoms with Crippen LogP contribution >= 0.6 is 0 Å². The van der Waals surface area contributed by atoms with Crippen LogP contribution in [0.25, 0.3) is 0 Å². The summed E-state index contributed by atoms with van der Waals surface area (Å²) in [5.41, 5.74) is 2.33. The van der Waals surface area contributed by atoms with Gasteiger partial charge in [-0.25, -0.2) is 0 Å². The first kappa shape index (κ1) is 13.6. The second-order valence-electron chi connectivity index (χ2n) is 4.69. The summed E-state index contributed by atoms with van der Waals surface area (Å²) in [5.74, 6) is -0.418. The normalized spacial score (nSPS) is 17.6. The Labute approximate surface area is 111 Å². The first-order valence-electron chi connectivity index (χ1n) is 6.65. The minimum atomic E-state index is -0.322. The number of nitrogens with one attached hydrogen (secondary N) is 2. The smallest absolute Gasteiger partial charge is 0.306 e. The summed E-state index contributed by atoms with van der Waals surface area (Å²) in [6.07, 6.45) is 4.79. The first-order valence-corrected chi connectivity index (χ1v) is 6.65. The number of hydrogen-bond acceptors (Lipinski definition) is 4. The molecule has 0 saturated carbocycles. The molecule has 1 unspecified atom stereocenters. The number of carbonyl (C=O) groups is 2. The third kappa shape index (κ3) is 3.81. The van der Waals surface area contributed by atoms with Crippen LogP contribution < -0.4 is 5.32 Å². The Morgan fingerprint density at radius 2 is 2.37 bits per heavy atom. The highest BCUT2D eigenvalue weighted by Crippen LogP contribution is 2.18. The fourth-order valence-corrected chi connectivity index (χ4v) is 2.28. The number of amides is 1. The van der Waals surface area contributed by atoms with Gasteiger partial charge in [-0.05, 0) is 25.3 Å². The third-order valence-electron chi connectivity index (χ3n) is 3.25. The highest BCUT2D eigenvalue weighted by molar-refractivity contribution is 5.81. The summed E-state index contributed by atoms with van der Waals surface area (Å²) < 4.78 is 4.79. The number of aromatic nitrogens is 2. The molecule has 0 radical (unpaired) electrons. The summed E-state index contributed by atoms with van der Waals surface area (Å²) in [5, 5.41) is 9.90. The van der Waals surface area contributed by atoms with Gasteiger partial charge in [0.2, 0.25) is 5.91 Å². The lowest BCUT2D eigenvalue weighted by atomic mass is 9.93. The summed E-state index contributed by atoms with van der Waals surface area (Å²) in [6.45, 7) is 2.10. The monoisotopic (exact) mass is 265 g/mol. The van der Waals surface area contributed by atoms with Gasteiger partial charge in [0.05, 0.1) is 19.2 Å². The average Bonchev–Trinajstić information content (AvgIpc) is 2.84.